The Bertz CT molecular complexity index is 294. The Morgan fingerprint density at radius 3 is 1.89 bits per heavy atom. The Balaban J connectivity index is 1.86. The molecule has 19 heavy (non-hydrogen) atoms. The fourth-order valence-electron chi connectivity index (χ4n) is 3.62. The average molecular weight is 269 g/mol. The molecule has 0 aromatic heterocycles. The highest BCUT2D eigenvalue weighted by molar-refractivity contribution is 4.96. The van der Waals surface area contributed by atoms with Gasteiger partial charge in [0.1, 0.15) is 0 Å². The summed E-state index contributed by atoms with van der Waals surface area (Å²) >= 11 is 0. The summed E-state index contributed by atoms with van der Waals surface area (Å²) < 4.78 is 0. The molecular weight excluding hydrogens is 238 g/mol. The van der Waals surface area contributed by atoms with Gasteiger partial charge in [0.25, 0.3) is 0 Å². The summed E-state index contributed by atoms with van der Waals surface area (Å²) in [5, 5.41) is 21.3. The molecular formula is C16H31NO2. The van der Waals surface area contributed by atoms with Gasteiger partial charge in [-0.2, -0.15) is 0 Å². The fraction of sp³-hybridized carbons (Fsp3) is 1.00. The molecule has 2 fully saturated rings. The van der Waals surface area contributed by atoms with Crippen molar-refractivity contribution in [2.75, 3.05) is 19.6 Å². The van der Waals surface area contributed by atoms with Crippen molar-refractivity contribution in [1.82, 2.24) is 4.90 Å². The molecule has 0 radical (unpaired) electrons. The fourth-order valence-corrected chi connectivity index (χ4v) is 3.62. The molecule has 1 saturated heterocycles. The van der Waals surface area contributed by atoms with E-state index in [1.165, 1.54) is 6.42 Å². The Morgan fingerprint density at radius 1 is 0.895 bits per heavy atom. The van der Waals surface area contributed by atoms with Gasteiger partial charge in [0, 0.05) is 19.6 Å². The third-order valence-electron chi connectivity index (χ3n) is 5.38. The molecule has 0 amide bonds. The van der Waals surface area contributed by atoms with Gasteiger partial charge in [-0.1, -0.05) is 40.0 Å². The molecule has 3 nitrogen and oxygen atoms in total. The first kappa shape index (κ1) is 15.3. The number of hydrogen-bond acceptors (Lipinski definition) is 3. The second-order valence-corrected chi connectivity index (χ2v) is 7.84. The second-order valence-electron chi connectivity index (χ2n) is 7.84. The van der Waals surface area contributed by atoms with Crippen LogP contribution in [0.3, 0.4) is 0 Å². The van der Waals surface area contributed by atoms with Crippen LogP contribution in [0, 0.1) is 5.41 Å². The van der Waals surface area contributed by atoms with E-state index >= 15 is 0 Å². The zero-order valence-corrected chi connectivity index (χ0v) is 12.9. The summed E-state index contributed by atoms with van der Waals surface area (Å²) in [5.41, 5.74) is -1.06. The Morgan fingerprint density at radius 2 is 1.42 bits per heavy atom. The SMILES string of the molecule is CC(C)(C)C1(O)CCN(CC2(O)CCCCC2)CC1. The minimum atomic E-state index is -0.543. The van der Waals surface area contributed by atoms with E-state index in [2.05, 4.69) is 25.7 Å². The molecule has 0 unspecified atom stereocenters. The first-order valence-electron chi connectivity index (χ1n) is 7.91. The number of rotatable bonds is 2. The topological polar surface area (TPSA) is 43.7 Å². The lowest BCUT2D eigenvalue weighted by Crippen LogP contribution is -2.54. The van der Waals surface area contributed by atoms with Crippen molar-refractivity contribution in [3.63, 3.8) is 0 Å². The van der Waals surface area contributed by atoms with E-state index in [-0.39, 0.29) is 5.41 Å². The van der Waals surface area contributed by atoms with Gasteiger partial charge in [-0.25, -0.2) is 0 Å². The number of aliphatic hydroxyl groups is 2. The first-order valence-corrected chi connectivity index (χ1v) is 7.91. The van der Waals surface area contributed by atoms with Gasteiger partial charge in [-0.05, 0) is 31.1 Å². The molecule has 0 aromatic carbocycles. The number of β-amino-alcohol motifs (C(OH)–C–C–N with tert-alkyl or cyclic N) is 1. The molecule has 1 saturated carbocycles. The van der Waals surface area contributed by atoms with Crippen LogP contribution in [0.15, 0.2) is 0 Å². The van der Waals surface area contributed by atoms with Crippen molar-refractivity contribution in [2.24, 2.45) is 5.41 Å². The van der Waals surface area contributed by atoms with Crippen molar-refractivity contribution in [1.29, 1.82) is 0 Å². The maximum absolute atomic E-state index is 10.7. The highest BCUT2D eigenvalue weighted by atomic mass is 16.3. The van der Waals surface area contributed by atoms with Crippen LogP contribution in [0.25, 0.3) is 0 Å². The lowest BCUT2D eigenvalue weighted by Gasteiger charge is -2.48. The largest absolute Gasteiger partial charge is 0.389 e. The van der Waals surface area contributed by atoms with Crippen molar-refractivity contribution in [3.8, 4) is 0 Å². The minimum absolute atomic E-state index is 0.0547. The third kappa shape index (κ3) is 3.50. The molecule has 0 atom stereocenters. The molecule has 1 heterocycles. The molecule has 2 rings (SSSR count). The van der Waals surface area contributed by atoms with Crippen LogP contribution >= 0.6 is 0 Å². The molecule has 1 aliphatic heterocycles. The average Bonchev–Trinajstić information content (AvgIpc) is 2.31. The minimum Gasteiger partial charge on any atom is -0.389 e. The summed E-state index contributed by atoms with van der Waals surface area (Å²) in [5.74, 6) is 0. The maximum Gasteiger partial charge on any atom is 0.0774 e. The number of piperidine rings is 1. The smallest absolute Gasteiger partial charge is 0.0774 e. The Labute approximate surface area is 118 Å². The van der Waals surface area contributed by atoms with Gasteiger partial charge in [0.15, 0.2) is 0 Å². The lowest BCUT2D eigenvalue weighted by molar-refractivity contribution is -0.111. The lowest BCUT2D eigenvalue weighted by atomic mass is 9.70. The molecule has 0 bridgehead atoms. The zero-order valence-electron chi connectivity index (χ0n) is 12.9. The van der Waals surface area contributed by atoms with Crippen LogP contribution < -0.4 is 0 Å². The first-order chi connectivity index (χ1) is 8.74. The van der Waals surface area contributed by atoms with Crippen molar-refractivity contribution < 1.29 is 10.2 Å². The van der Waals surface area contributed by atoms with E-state index in [0.717, 1.165) is 58.2 Å². The second kappa shape index (κ2) is 5.34. The van der Waals surface area contributed by atoms with E-state index < -0.39 is 11.2 Å². The standard InChI is InChI=1S/C16H31NO2/c1-14(2,3)16(19)9-11-17(12-10-16)13-15(18)7-5-4-6-8-15/h18-19H,4-13H2,1-3H3. The van der Waals surface area contributed by atoms with Gasteiger partial charge in [0.2, 0.25) is 0 Å². The normalized spacial score (nSPS) is 28.3. The molecule has 1 aliphatic carbocycles. The molecule has 112 valence electrons. The molecule has 2 aliphatic rings. The molecule has 3 heteroatoms. The molecule has 0 spiro atoms. The van der Waals surface area contributed by atoms with Crippen molar-refractivity contribution in [2.45, 2.75) is 76.9 Å². The van der Waals surface area contributed by atoms with Crippen LogP contribution in [0.4, 0.5) is 0 Å². The van der Waals surface area contributed by atoms with Gasteiger partial charge < -0.3 is 15.1 Å². The Hall–Kier alpha value is -0.120. The van der Waals surface area contributed by atoms with Crippen LogP contribution in [0.2, 0.25) is 0 Å². The predicted octanol–water partition coefficient (Wildman–Crippen LogP) is 2.55. The van der Waals surface area contributed by atoms with Crippen molar-refractivity contribution in [3.05, 3.63) is 0 Å². The molecule has 0 aromatic rings. The summed E-state index contributed by atoms with van der Waals surface area (Å²) in [6.45, 7) is 8.99. The highest BCUT2D eigenvalue weighted by Crippen LogP contribution is 2.39. The third-order valence-corrected chi connectivity index (χ3v) is 5.38. The van der Waals surface area contributed by atoms with E-state index in [1.807, 2.05) is 0 Å². The van der Waals surface area contributed by atoms with Crippen LogP contribution in [-0.4, -0.2) is 45.9 Å². The zero-order chi connectivity index (χ0) is 14.1. The van der Waals surface area contributed by atoms with Gasteiger partial charge in [0.05, 0.1) is 11.2 Å². The van der Waals surface area contributed by atoms with E-state index in [9.17, 15) is 10.2 Å². The number of likely N-dealkylation sites (tertiary alicyclic amines) is 1. The van der Waals surface area contributed by atoms with E-state index in [4.69, 9.17) is 0 Å². The van der Waals surface area contributed by atoms with Gasteiger partial charge in [-0.15, -0.1) is 0 Å². The van der Waals surface area contributed by atoms with Gasteiger partial charge in [-0.3, -0.25) is 0 Å². The van der Waals surface area contributed by atoms with E-state index in [1.54, 1.807) is 0 Å². The summed E-state index contributed by atoms with van der Waals surface area (Å²) in [7, 11) is 0. The van der Waals surface area contributed by atoms with Crippen LogP contribution in [0.5, 0.6) is 0 Å². The summed E-state index contributed by atoms with van der Waals surface area (Å²) in [6, 6.07) is 0. The highest BCUT2D eigenvalue weighted by Gasteiger charge is 2.43. The van der Waals surface area contributed by atoms with Crippen LogP contribution in [0.1, 0.15) is 65.7 Å². The Kier molecular flexibility index (Phi) is 4.29. The summed E-state index contributed by atoms with van der Waals surface area (Å²) in [4.78, 5) is 2.35. The maximum atomic E-state index is 10.7. The van der Waals surface area contributed by atoms with Gasteiger partial charge >= 0.3 is 0 Å². The molecule has 2 N–H and O–H groups in total. The van der Waals surface area contributed by atoms with Crippen molar-refractivity contribution >= 4 is 0 Å². The number of hydrogen-bond donors (Lipinski definition) is 2. The van der Waals surface area contributed by atoms with Crippen LogP contribution in [-0.2, 0) is 0 Å². The summed E-state index contributed by atoms with van der Waals surface area (Å²) in [6.07, 6.45) is 7.15. The monoisotopic (exact) mass is 269 g/mol. The van der Waals surface area contributed by atoms with E-state index in [0.29, 0.717) is 0 Å². The number of nitrogens with zero attached hydrogens (tertiary/aromatic N) is 1. The predicted molar refractivity (Wildman–Crippen MR) is 78.1 cm³/mol. The quantitative estimate of drug-likeness (QED) is 0.809.